The zero-order valence-corrected chi connectivity index (χ0v) is 14.1. The van der Waals surface area contributed by atoms with Gasteiger partial charge in [-0.05, 0) is 22.0 Å². The maximum Gasteiger partial charge on any atom is 0.357 e. The van der Waals surface area contributed by atoms with Gasteiger partial charge in [0.15, 0.2) is 5.69 Å². The van der Waals surface area contributed by atoms with Crippen LogP contribution in [0, 0.1) is 21.4 Å². The summed E-state index contributed by atoms with van der Waals surface area (Å²) in [6, 6.07) is 3.74. The molecule has 0 spiro atoms. The van der Waals surface area contributed by atoms with Crippen LogP contribution in [0.2, 0.25) is 0 Å². The lowest BCUT2D eigenvalue weighted by molar-refractivity contribution is -0.384. The number of aromatic nitrogens is 1. The molecule has 0 saturated carbocycles. The standard InChI is InChI=1S/C14H9BrN4O6/c1-25-14(22)12-10(17)7(4-16)5-18(12)11-8(15)2-6(13(20)21)3-9(11)19(23)24/h2-3,5H,17H2,1H3,(H,20,21). The predicted octanol–water partition coefficient (Wildman–Crippen LogP) is 2.09. The topological polar surface area (TPSA) is 161 Å². The molecule has 0 aliphatic carbocycles. The fourth-order valence-electron chi connectivity index (χ4n) is 2.18. The molecule has 0 bridgehead atoms. The van der Waals surface area contributed by atoms with Crippen molar-refractivity contribution < 1.29 is 24.4 Å². The van der Waals surface area contributed by atoms with Gasteiger partial charge in [-0.3, -0.25) is 10.1 Å². The highest BCUT2D eigenvalue weighted by molar-refractivity contribution is 9.10. The number of carbonyl (C=O) groups is 2. The summed E-state index contributed by atoms with van der Waals surface area (Å²) >= 11 is 3.07. The zero-order valence-electron chi connectivity index (χ0n) is 12.5. The number of nitro benzene ring substituents is 1. The molecule has 1 heterocycles. The first kappa shape index (κ1) is 18.0. The van der Waals surface area contributed by atoms with Gasteiger partial charge < -0.3 is 20.1 Å². The summed E-state index contributed by atoms with van der Waals surface area (Å²) < 4.78 is 5.65. The third-order valence-corrected chi connectivity index (χ3v) is 3.88. The highest BCUT2D eigenvalue weighted by Gasteiger charge is 2.29. The molecule has 0 amide bonds. The fourth-order valence-corrected chi connectivity index (χ4v) is 2.82. The van der Waals surface area contributed by atoms with Gasteiger partial charge in [0, 0.05) is 16.7 Å². The van der Waals surface area contributed by atoms with E-state index >= 15 is 0 Å². The van der Waals surface area contributed by atoms with Crippen molar-refractivity contribution in [3.05, 3.63) is 49.7 Å². The molecule has 0 atom stereocenters. The summed E-state index contributed by atoms with van der Waals surface area (Å²) in [7, 11) is 1.09. The molecule has 2 aromatic rings. The Kier molecular flexibility index (Phi) is 4.75. The molecule has 0 unspecified atom stereocenters. The predicted molar refractivity (Wildman–Crippen MR) is 87.5 cm³/mol. The van der Waals surface area contributed by atoms with Crippen LogP contribution in [0.25, 0.3) is 5.69 Å². The maximum atomic E-state index is 12.0. The van der Waals surface area contributed by atoms with Crippen molar-refractivity contribution in [3.63, 3.8) is 0 Å². The van der Waals surface area contributed by atoms with E-state index in [9.17, 15) is 19.7 Å². The van der Waals surface area contributed by atoms with E-state index in [1.165, 1.54) is 0 Å². The minimum Gasteiger partial charge on any atom is -0.478 e. The summed E-state index contributed by atoms with van der Waals surface area (Å²) in [5, 5.41) is 29.6. The number of nitro groups is 1. The number of anilines is 1. The van der Waals surface area contributed by atoms with E-state index < -0.39 is 22.5 Å². The first-order chi connectivity index (χ1) is 11.7. The van der Waals surface area contributed by atoms with Crippen molar-refractivity contribution in [2.75, 3.05) is 12.8 Å². The summed E-state index contributed by atoms with van der Waals surface area (Å²) in [5.74, 6) is -2.28. The number of ether oxygens (including phenoxy) is 1. The number of carbonyl (C=O) groups excluding carboxylic acids is 1. The van der Waals surface area contributed by atoms with Gasteiger partial charge in [-0.2, -0.15) is 5.26 Å². The van der Waals surface area contributed by atoms with Crippen LogP contribution in [-0.4, -0.2) is 33.6 Å². The number of nitrogens with two attached hydrogens (primary N) is 1. The third-order valence-electron chi connectivity index (χ3n) is 3.27. The number of methoxy groups -OCH3 is 1. The van der Waals surface area contributed by atoms with Crippen LogP contribution in [0.4, 0.5) is 11.4 Å². The quantitative estimate of drug-likeness (QED) is 0.441. The van der Waals surface area contributed by atoms with Gasteiger partial charge in [-0.25, -0.2) is 9.59 Å². The van der Waals surface area contributed by atoms with Crippen LogP contribution in [0.3, 0.4) is 0 Å². The van der Waals surface area contributed by atoms with Crippen molar-refractivity contribution in [1.29, 1.82) is 5.26 Å². The number of nitriles is 1. The summed E-state index contributed by atoms with van der Waals surface area (Å²) in [4.78, 5) is 33.7. The second-order valence-corrected chi connectivity index (χ2v) is 5.52. The molecule has 1 aromatic heterocycles. The third kappa shape index (κ3) is 3.02. The highest BCUT2D eigenvalue weighted by atomic mass is 79.9. The van der Waals surface area contributed by atoms with Gasteiger partial charge in [0.1, 0.15) is 11.8 Å². The maximum absolute atomic E-state index is 12.0. The highest BCUT2D eigenvalue weighted by Crippen LogP contribution is 2.36. The normalized spacial score (nSPS) is 10.1. The molecule has 25 heavy (non-hydrogen) atoms. The van der Waals surface area contributed by atoms with Gasteiger partial charge in [-0.15, -0.1) is 0 Å². The molecule has 0 saturated heterocycles. The van der Waals surface area contributed by atoms with Crippen LogP contribution >= 0.6 is 15.9 Å². The smallest absolute Gasteiger partial charge is 0.357 e. The summed E-state index contributed by atoms with van der Waals surface area (Å²) in [6.07, 6.45) is 1.13. The SMILES string of the molecule is COC(=O)c1c(N)c(C#N)cn1-c1c(Br)cc(C(=O)O)cc1[N+](=O)[O-]. The van der Waals surface area contributed by atoms with E-state index in [2.05, 4.69) is 20.7 Å². The van der Waals surface area contributed by atoms with Crippen molar-refractivity contribution in [1.82, 2.24) is 4.57 Å². The number of benzene rings is 1. The van der Waals surface area contributed by atoms with Gasteiger partial charge in [-0.1, -0.05) is 0 Å². The first-order valence-electron chi connectivity index (χ1n) is 6.43. The van der Waals surface area contributed by atoms with Gasteiger partial charge >= 0.3 is 11.9 Å². The van der Waals surface area contributed by atoms with E-state index in [0.717, 1.165) is 30.0 Å². The monoisotopic (exact) mass is 408 g/mol. The summed E-state index contributed by atoms with van der Waals surface area (Å²) in [5.41, 5.74) is 4.07. The van der Waals surface area contributed by atoms with E-state index in [-0.39, 0.29) is 32.7 Å². The van der Waals surface area contributed by atoms with Crippen molar-refractivity contribution in [3.8, 4) is 11.8 Å². The first-order valence-corrected chi connectivity index (χ1v) is 7.23. The van der Waals surface area contributed by atoms with Gasteiger partial charge in [0.05, 0.1) is 28.8 Å². The second kappa shape index (κ2) is 6.62. The number of hydrogen-bond donors (Lipinski definition) is 2. The molecule has 0 aliphatic heterocycles. The lowest BCUT2D eigenvalue weighted by Gasteiger charge is -2.11. The number of carboxylic acids is 1. The number of halogens is 1. The lowest BCUT2D eigenvalue weighted by atomic mass is 10.1. The Morgan fingerprint density at radius 2 is 2.12 bits per heavy atom. The number of hydrogen-bond acceptors (Lipinski definition) is 7. The average molecular weight is 409 g/mol. The minimum atomic E-state index is -1.37. The molecule has 0 fully saturated rings. The van der Waals surface area contributed by atoms with Crippen molar-refractivity contribution in [2.45, 2.75) is 0 Å². The molecule has 128 valence electrons. The lowest BCUT2D eigenvalue weighted by Crippen LogP contribution is -2.13. The van der Waals surface area contributed by atoms with Crippen LogP contribution in [0.15, 0.2) is 22.8 Å². The van der Waals surface area contributed by atoms with E-state index in [1.807, 2.05) is 0 Å². The number of nitrogens with zero attached hydrogens (tertiary/aromatic N) is 3. The molecule has 11 heteroatoms. The van der Waals surface area contributed by atoms with Crippen LogP contribution in [0.1, 0.15) is 26.4 Å². The van der Waals surface area contributed by atoms with Crippen molar-refractivity contribution in [2.24, 2.45) is 0 Å². The Morgan fingerprint density at radius 1 is 1.48 bits per heavy atom. The zero-order chi connectivity index (χ0) is 18.9. The number of carboxylic acid groups (broad SMARTS) is 1. The Labute approximate surface area is 148 Å². The molecule has 2 rings (SSSR count). The van der Waals surface area contributed by atoms with Gasteiger partial charge in [0.25, 0.3) is 5.69 Å². The number of nitrogen functional groups attached to an aromatic ring is 1. The number of rotatable bonds is 4. The number of esters is 1. The molecule has 0 aliphatic rings. The second-order valence-electron chi connectivity index (χ2n) is 4.67. The molecule has 10 nitrogen and oxygen atoms in total. The Hall–Kier alpha value is -3.39. The number of aromatic carboxylic acids is 1. The molecular formula is C14H9BrN4O6. The Morgan fingerprint density at radius 3 is 2.60 bits per heavy atom. The van der Waals surface area contributed by atoms with E-state index in [4.69, 9.17) is 16.1 Å². The fraction of sp³-hybridized carbons (Fsp3) is 0.0714. The Bertz CT molecular complexity index is 959. The largest absolute Gasteiger partial charge is 0.478 e. The Balaban J connectivity index is 2.92. The van der Waals surface area contributed by atoms with E-state index in [0.29, 0.717) is 0 Å². The van der Waals surface area contributed by atoms with Gasteiger partial charge in [0.2, 0.25) is 0 Å². The molecular weight excluding hydrogens is 400 g/mol. The average Bonchev–Trinajstić information content (AvgIpc) is 2.89. The minimum absolute atomic E-state index is 0.0174. The molecule has 1 aromatic carbocycles. The van der Waals surface area contributed by atoms with Crippen LogP contribution in [-0.2, 0) is 4.74 Å². The summed E-state index contributed by atoms with van der Waals surface area (Å²) in [6.45, 7) is 0. The van der Waals surface area contributed by atoms with Crippen LogP contribution < -0.4 is 5.73 Å². The van der Waals surface area contributed by atoms with Crippen molar-refractivity contribution >= 4 is 39.2 Å². The van der Waals surface area contributed by atoms with Crippen LogP contribution in [0.5, 0.6) is 0 Å². The molecule has 3 N–H and O–H groups in total. The molecule has 0 radical (unpaired) electrons. The van der Waals surface area contributed by atoms with E-state index in [1.54, 1.807) is 6.07 Å².